The third kappa shape index (κ3) is 2.54. The summed E-state index contributed by atoms with van der Waals surface area (Å²) in [6.07, 6.45) is 2.53. The Morgan fingerprint density at radius 3 is 2.39 bits per heavy atom. The van der Waals surface area contributed by atoms with Gasteiger partial charge in [-0.15, -0.1) is 0 Å². The van der Waals surface area contributed by atoms with Crippen LogP contribution < -0.4 is 0 Å². The number of halogens is 1. The highest BCUT2D eigenvalue weighted by Crippen LogP contribution is 2.34. The van der Waals surface area contributed by atoms with E-state index in [0.717, 1.165) is 44.5 Å². The largest absolute Gasteiger partial charge is 0.303 e. The molecule has 18 heavy (non-hydrogen) atoms. The molecule has 1 saturated heterocycles. The topological polar surface area (TPSA) is 27.0 Å². The van der Waals surface area contributed by atoms with Crippen LogP contribution in [0, 0.1) is 24.1 Å². The molecule has 0 bridgehead atoms. The van der Waals surface area contributed by atoms with Crippen molar-refractivity contribution < 1.29 is 4.39 Å². The van der Waals surface area contributed by atoms with Gasteiger partial charge in [0, 0.05) is 0 Å². The maximum atomic E-state index is 12.9. The number of rotatable bonds is 3. The second-order valence-corrected chi connectivity index (χ2v) is 4.90. The molecule has 0 saturated carbocycles. The highest BCUT2D eigenvalue weighted by molar-refractivity contribution is 5.33. The maximum Gasteiger partial charge on any atom is 0.123 e. The monoisotopic (exact) mass is 245 g/mol. The molecule has 0 amide bonds. The quantitative estimate of drug-likeness (QED) is 0.818. The average Bonchev–Trinajstić information content (AvgIpc) is 2.41. The zero-order valence-corrected chi connectivity index (χ0v) is 10.5. The first-order valence-corrected chi connectivity index (χ1v) is 6.39. The van der Waals surface area contributed by atoms with Crippen LogP contribution in [0.15, 0.2) is 24.3 Å². The minimum Gasteiger partial charge on any atom is -0.303 e. The summed E-state index contributed by atoms with van der Waals surface area (Å²) in [7, 11) is 0. The molecule has 1 aromatic carbocycles. The van der Waals surface area contributed by atoms with Crippen molar-refractivity contribution >= 4 is 0 Å². The van der Waals surface area contributed by atoms with Crippen LogP contribution >= 0.6 is 0 Å². The maximum absolute atomic E-state index is 12.9. The normalized spacial score (nSPS) is 19.4. The van der Waals surface area contributed by atoms with Crippen molar-refractivity contribution in [1.29, 1.82) is 5.26 Å². The van der Waals surface area contributed by atoms with Gasteiger partial charge in [-0.3, -0.25) is 0 Å². The van der Waals surface area contributed by atoms with Gasteiger partial charge in [-0.2, -0.15) is 5.26 Å². The fraction of sp³-hybridized carbons (Fsp3) is 0.467. The number of piperidine rings is 1. The zero-order chi connectivity index (χ0) is 13.0. The lowest BCUT2D eigenvalue weighted by molar-refractivity contribution is 0.189. The summed E-state index contributed by atoms with van der Waals surface area (Å²) in [6, 6.07) is 8.82. The lowest BCUT2D eigenvalue weighted by Crippen LogP contribution is -2.42. The molecule has 1 fully saturated rings. The van der Waals surface area contributed by atoms with Gasteiger partial charge >= 0.3 is 0 Å². The summed E-state index contributed by atoms with van der Waals surface area (Å²) in [5.41, 5.74) is 0.506. The van der Waals surface area contributed by atoms with Gasteiger partial charge in [-0.1, -0.05) is 19.1 Å². The van der Waals surface area contributed by atoms with Crippen LogP contribution in [0.5, 0.6) is 0 Å². The SMILES string of the molecule is [CH2]CCN1CCC(C#N)(c2ccc(F)cc2)CC1. The van der Waals surface area contributed by atoms with E-state index in [1.54, 1.807) is 12.1 Å². The van der Waals surface area contributed by atoms with Crippen molar-refractivity contribution in [3.63, 3.8) is 0 Å². The predicted molar refractivity (Wildman–Crippen MR) is 69.3 cm³/mol. The Morgan fingerprint density at radius 2 is 1.89 bits per heavy atom. The van der Waals surface area contributed by atoms with Crippen molar-refractivity contribution in [3.05, 3.63) is 42.6 Å². The van der Waals surface area contributed by atoms with E-state index in [0.29, 0.717) is 0 Å². The molecule has 0 spiro atoms. The molecule has 0 unspecified atom stereocenters. The highest BCUT2D eigenvalue weighted by Gasteiger charge is 2.36. The summed E-state index contributed by atoms with van der Waals surface area (Å²) in [5, 5.41) is 9.51. The summed E-state index contributed by atoms with van der Waals surface area (Å²) in [4.78, 5) is 2.34. The molecule has 2 nitrogen and oxygen atoms in total. The van der Waals surface area contributed by atoms with E-state index < -0.39 is 5.41 Å². The van der Waals surface area contributed by atoms with E-state index in [1.165, 1.54) is 12.1 Å². The Kier molecular flexibility index (Phi) is 3.98. The molecule has 1 heterocycles. The molecule has 1 aromatic rings. The zero-order valence-electron chi connectivity index (χ0n) is 10.5. The van der Waals surface area contributed by atoms with Gasteiger partial charge in [0.15, 0.2) is 0 Å². The Hall–Kier alpha value is -1.40. The molecule has 1 aliphatic heterocycles. The van der Waals surface area contributed by atoms with Crippen LogP contribution in [0.25, 0.3) is 0 Å². The van der Waals surface area contributed by atoms with Gasteiger partial charge in [-0.25, -0.2) is 4.39 Å². The van der Waals surface area contributed by atoms with Gasteiger partial charge in [0.2, 0.25) is 0 Å². The number of hydrogen-bond donors (Lipinski definition) is 0. The predicted octanol–water partition coefficient (Wildman–Crippen LogP) is 2.91. The van der Waals surface area contributed by atoms with E-state index in [-0.39, 0.29) is 5.82 Å². The summed E-state index contributed by atoms with van der Waals surface area (Å²) < 4.78 is 12.9. The summed E-state index contributed by atoms with van der Waals surface area (Å²) in [5.74, 6) is -0.249. The van der Waals surface area contributed by atoms with Crippen LogP contribution in [0.2, 0.25) is 0 Å². The second-order valence-electron chi connectivity index (χ2n) is 4.90. The number of nitrogens with zero attached hydrogens (tertiary/aromatic N) is 2. The number of likely N-dealkylation sites (tertiary alicyclic amines) is 1. The van der Waals surface area contributed by atoms with Gasteiger partial charge in [0.25, 0.3) is 0 Å². The molecule has 95 valence electrons. The van der Waals surface area contributed by atoms with Crippen LogP contribution in [-0.4, -0.2) is 24.5 Å². The standard InChI is InChI=1S/C15H18FN2/c1-2-9-18-10-7-15(12-17,8-11-18)13-3-5-14(16)6-4-13/h3-6H,1-2,7-11H2. The van der Waals surface area contributed by atoms with Gasteiger partial charge in [-0.05, 0) is 56.6 Å². The van der Waals surface area contributed by atoms with E-state index >= 15 is 0 Å². The Bertz CT molecular complexity index is 425. The highest BCUT2D eigenvalue weighted by atomic mass is 19.1. The Morgan fingerprint density at radius 1 is 1.28 bits per heavy atom. The van der Waals surface area contributed by atoms with Crippen molar-refractivity contribution in [3.8, 4) is 6.07 Å². The minimum absolute atomic E-state index is 0.249. The first-order chi connectivity index (χ1) is 8.70. The fourth-order valence-corrected chi connectivity index (χ4v) is 2.62. The van der Waals surface area contributed by atoms with Crippen molar-refractivity contribution in [2.24, 2.45) is 0 Å². The molecule has 3 heteroatoms. The van der Waals surface area contributed by atoms with Gasteiger partial charge < -0.3 is 4.90 Å². The lowest BCUT2D eigenvalue weighted by Gasteiger charge is -2.37. The molecule has 0 N–H and O–H groups in total. The molecule has 1 radical (unpaired) electrons. The molecule has 0 aliphatic carbocycles. The first kappa shape index (κ1) is 13.0. The number of hydrogen-bond acceptors (Lipinski definition) is 2. The molecule has 0 atom stereocenters. The van der Waals surface area contributed by atoms with Crippen molar-refractivity contribution in [2.45, 2.75) is 24.7 Å². The number of nitriles is 1. The van der Waals surface area contributed by atoms with Gasteiger partial charge in [0.05, 0.1) is 11.5 Å². The Labute approximate surface area is 108 Å². The first-order valence-electron chi connectivity index (χ1n) is 6.39. The van der Waals surface area contributed by atoms with Crippen molar-refractivity contribution in [1.82, 2.24) is 4.90 Å². The Balaban J connectivity index is 2.14. The van der Waals surface area contributed by atoms with Crippen molar-refractivity contribution in [2.75, 3.05) is 19.6 Å². The van der Waals surface area contributed by atoms with Crippen LogP contribution in [0.4, 0.5) is 4.39 Å². The smallest absolute Gasteiger partial charge is 0.123 e. The van der Waals surface area contributed by atoms with Gasteiger partial charge in [0.1, 0.15) is 5.82 Å². The third-order valence-electron chi connectivity index (χ3n) is 3.79. The van der Waals surface area contributed by atoms with E-state index in [4.69, 9.17) is 0 Å². The third-order valence-corrected chi connectivity index (χ3v) is 3.79. The summed E-state index contributed by atoms with van der Waals surface area (Å²) >= 11 is 0. The molecular weight excluding hydrogens is 227 g/mol. The number of benzene rings is 1. The average molecular weight is 245 g/mol. The fourth-order valence-electron chi connectivity index (χ4n) is 2.62. The molecular formula is C15H18FN2. The van der Waals surface area contributed by atoms with E-state index in [2.05, 4.69) is 17.9 Å². The van der Waals surface area contributed by atoms with Crippen LogP contribution in [-0.2, 0) is 5.41 Å². The molecule has 0 aromatic heterocycles. The summed E-state index contributed by atoms with van der Waals surface area (Å²) in [6.45, 7) is 6.68. The molecule has 2 rings (SSSR count). The minimum atomic E-state index is -0.439. The molecule has 1 aliphatic rings. The van der Waals surface area contributed by atoms with E-state index in [9.17, 15) is 9.65 Å². The van der Waals surface area contributed by atoms with Crippen LogP contribution in [0.3, 0.4) is 0 Å². The van der Waals surface area contributed by atoms with Crippen LogP contribution in [0.1, 0.15) is 24.8 Å². The second kappa shape index (κ2) is 5.49. The van der Waals surface area contributed by atoms with E-state index in [1.807, 2.05) is 0 Å². The lowest BCUT2D eigenvalue weighted by atomic mass is 9.74.